The molecule has 5 nitrogen and oxygen atoms in total. The molecule has 5 rings (SSSR count). The lowest BCUT2D eigenvalue weighted by Gasteiger charge is -2.07. The molecule has 1 amide bonds. The second-order valence-corrected chi connectivity index (χ2v) is 6.85. The van der Waals surface area contributed by atoms with Crippen molar-refractivity contribution in [2.45, 2.75) is 18.8 Å². The van der Waals surface area contributed by atoms with E-state index < -0.39 is 23.5 Å². The third-order valence-electron chi connectivity index (χ3n) is 5.10. The molecule has 3 aromatic rings. The van der Waals surface area contributed by atoms with Crippen LogP contribution in [0.2, 0.25) is 0 Å². The number of carbonyl (C=O) groups excluding carboxylic acids is 1. The van der Waals surface area contributed by atoms with E-state index in [-0.39, 0.29) is 17.3 Å². The number of fused-ring (bicyclic) bond motifs is 3. The number of halogens is 3. The van der Waals surface area contributed by atoms with E-state index in [1.165, 1.54) is 23.0 Å². The van der Waals surface area contributed by atoms with Gasteiger partial charge >= 0.3 is 0 Å². The summed E-state index contributed by atoms with van der Waals surface area (Å²) >= 11 is 0. The lowest BCUT2D eigenvalue weighted by atomic mass is 10.1. The smallest absolute Gasteiger partial charge is 0.276 e. The number of hydrogen-bond acceptors (Lipinski definition) is 3. The van der Waals surface area contributed by atoms with E-state index in [0.717, 1.165) is 35.9 Å². The predicted molar refractivity (Wildman–Crippen MR) is 90.2 cm³/mol. The molecule has 0 bridgehead atoms. The fourth-order valence-corrected chi connectivity index (χ4v) is 3.77. The molecule has 27 heavy (non-hydrogen) atoms. The van der Waals surface area contributed by atoms with Crippen LogP contribution in [-0.2, 0) is 6.42 Å². The molecule has 0 aliphatic heterocycles. The van der Waals surface area contributed by atoms with Crippen LogP contribution in [0.15, 0.2) is 36.5 Å². The van der Waals surface area contributed by atoms with Gasteiger partial charge in [0.05, 0.1) is 17.6 Å². The van der Waals surface area contributed by atoms with E-state index in [1.807, 2.05) is 0 Å². The van der Waals surface area contributed by atoms with Crippen molar-refractivity contribution in [2.24, 2.45) is 5.92 Å². The second-order valence-electron chi connectivity index (χ2n) is 6.85. The van der Waals surface area contributed by atoms with E-state index in [9.17, 15) is 18.0 Å². The molecule has 1 N–H and O–H groups in total. The Balaban J connectivity index is 1.55. The highest BCUT2D eigenvalue weighted by Gasteiger charge is 2.50. The van der Waals surface area contributed by atoms with Crippen LogP contribution in [0.5, 0.6) is 0 Å². The van der Waals surface area contributed by atoms with Crippen molar-refractivity contribution in [2.75, 3.05) is 5.32 Å². The van der Waals surface area contributed by atoms with Crippen molar-refractivity contribution >= 4 is 11.6 Å². The number of carbonyl (C=O) groups is 1. The highest BCUT2D eigenvalue weighted by atomic mass is 19.1. The van der Waals surface area contributed by atoms with Crippen LogP contribution in [0.4, 0.5) is 18.9 Å². The summed E-state index contributed by atoms with van der Waals surface area (Å²) in [6.45, 7) is 0. The molecule has 8 heteroatoms. The van der Waals surface area contributed by atoms with Crippen molar-refractivity contribution in [1.29, 1.82) is 0 Å². The number of aromatic nitrogens is 3. The van der Waals surface area contributed by atoms with Gasteiger partial charge < -0.3 is 5.32 Å². The first-order valence-electron chi connectivity index (χ1n) is 8.51. The molecule has 0 radical (unpaired) electrons. The Bertz CT molecular complexity index is 1080. The Morgan fingerprint density at radius 1 is 1.19 bits per heavy atom. The maximum Gasteiger partial charge on any atom is 0.276 e. The average molecular weight is 370 g/mol. The number of hydrogen-bond donors (Lipinski definition) is 1. The Labute approximate surface area is 151 Å². The molecule has 2 atom stereocenters. The van der Waals surface area contributed by atoms with Crippen LogP contribution in [0.3, 0.4) is 0 Å². The zero-order valence-electron chi connectivity index (χ0n) is 13.9. The molecule has 1 aromatic carbocycles. The zero-order valence-corrected chi connectivity index (χ0v) is 13.9. The van der Waals surface area contributed by atoms with E-state index in [2.05, 4.69) is 15.4 Å². The van der Waals surface area contributed by atoms with Crippen molar-refractivity contribution < 1.29 is 18.0 Å². The standard InChI is InChI=1S/C19H13F3N4O/c20-10-1-3-15(14(21)7-10)26-18-12-5-9(12)6-13(18)17(25-26)19(27)24-11-2-4-16(22)23-8-11/h1-4,7-9,12H,5-6H2,(H,24,27)/t9-,12-/m1/s1. The molecule has 2 aliphatic carbocycles. The predicted octanol–water partition coefficient (Wildman–Crippen LogP) is 3.60. The van der Waals surface area contributed by atoms with Gasteiger partial charge in [-0.25, -0.2) is 18.4 Å². The number of rotatable bonds is 3. The third-order valence-corrected chi connectivity index (χ3v) is 5.10. The molecule has 0 saturated heterocycles. The first kappa shape index (κ1) is 16.0. The average Bonchev–Trinajstić information content (AvgIpc) is 3.14. The number of pyridine rings is 1. The van der Waals surface area contributed by atoms with Gasteiger partial charge in [-0.05, 0) is 43.0 Å². The Hall–Kier alpha value is -3.16. The largest absolute Gasteiger partial charge is 0.319 e. The molecular formula is C19H13F3N4O. The van der Waals surface area contributed by atoms with Crippen molar-refractivity contribution in [3.63, 3.8) is 0 Å². The normalized spacial score (nSPS) is 19.5. The minimum Gasteiger partial charge on any atom is -0.319 e. The lowest BCUT2D eigenvalue weighted by molar-refractivity contribution is 0.102. The van der Waals surface area contributed by atoms with Crippen LogP contribution < -0.4 is 5.32 Å². The third kappa shape index (κ3) is 2.59. The summed E-state index contributed by atoms with van der Waals surface area (Å²) < 4.78 is 41.9. The molecule has 2 aromatic heterocycles. The van der Waals surface area contributed by atoms with Gasteiger partial charge in [0, 0.05) is 17.5 Å². The monoisotopic (exact) mass is 370 g/mol. The Morgan fingerprint density at radius 2 is 2.04 bits per heavy atom. The summed E-state index contributed by atoms with van der Waals surface area (Å²) in [5.41, 5.74) is 2.24. The summed E-state index contributed by atoms with van der Waals surface area (Å²) in [6.07, 6.45) is 2.89. The summed E-state index contributed by atoms with van der Waals surface area (Å²) in [6, 6.07) is 5.82. The summed E-state index contributed by atoms with van der Waals surface area (Å²) in [5, 5.41) is 6.97. The first-order valence-corrected chi connectivity index (χ1v) is 8.51. The van der Waals surface area contributed by atoms with Crippen LogP contribution in [0.25, 0.3) is 5.69 Å². The summed E-state index contributed by atoms with van der Waals surface area (Å²) in [7, 11) is 0. The Kier molecular flexibility index (Phi) is 3.37. The summed E-state index contributed by atoms with van der Waals surface area (Å²) in [5.74, 6) is -1.85. The van der Waals surface area contributed by atoms with E-state index in [1.54, 1.807) is 0 Å². The SMILES string of the molecule is O=C(Nc1ccc(F)nc1)c1nn(-c2ccc(F)cc2F)c2c1C[C@H]1C[C@@H]21. The molecule has 1 fully saturated rings. The lowest BCUT2D eigenvalue weighted by Crippen LogP contribution is -2.15. The topological polar surface area (TPSA) is 59.8 Å². The fraction of sp³-hybridized carbons (Fsp3) is 0.211. The number of nitrogens with zero attached hydrogens (tertiary/aromatic N) is 3. The fourth-order valence-electron chi connectivity index (χ4n) is 3.77. The maximum absolute atomic E-state index is 14.3. The number of benzene rings is 1. The van der Waals surface area contributed by atoms with Crippen molar-refractivity contribution in [3.8, 4) is 5.69 Å². The van der Waals surface area contributed by atoms with E-state index >= 15 is 0 Å². The number of nitrogens with one attached hydrogen (secondary N) is 1. The van der Waals surface area contributed by atoms with E-state index in [0.29, 0.717) is 18.0 Å². The highest BCUT2D eigenvalue weighted by molar-refractivity contribution is 6.04. The highest BCUT2D eigenvalue weighted by Crippen LogP contribution is 2.57. The molecule has 0 spiro atoms. The molecule has 2 aliphatic rings. The van der Waals surface area contributed by atoms with Crippen molar-refractivity contribution in [3.05, 3.63) is 71.1 Å². The Morgan fingerprint density at radius 3 is 2.78 bits per heavy atom. The quantitative estimate of drug-likeness (QED) is 0.717. The second kappa shape index (κ2) is 5.67. The van der Waals surface area contributed by atoms with Gasteiger partial charge in [-0.2, -0.15) is 9.49 Å². The molecule has 136 valence electrons. The van der Waals surface area contributed by atoms with E-state index in [4.69, 9.17) is 0 Å². The maximum atomic E-state index is 14.3. The molecular weight excluding hydrogens is 357 g/mol. The molecule has 2 heterocycles. The first-order chi connectivity index (χ1) is 13.0. The van der Waals surface area contributed by atoms with Gasteiger partial charge in [-0.15, -0.1) is 0 Å². The van der Waals surface area contributed by atoms with Crippen LogP contribution >= 0.6 is 0 Å². The number of amides is 1. The van der Waals surface area contributed by atoms with Gasteiger partial charge in [-0.1, -0.05) is 0 Å². The molecule has 0 unspecified atom stereocenters. The van der Waals surface area contributed by atoms with Gasteiger partial charge in [-0.3, -0.25) is 4.79 Å². The zero-order chi connectivity index (χ0) is 18.7. The minimum absolute atomic E-state index is 0.114. The van der Waals surface area contributed by atoms with Crippen LogP contribution in [-0.4, -0.2) is 20.7 Å². The minimum atomic E-state index is -0.737. The van der Waals surface area contributed by atoms with Gasteiger partial charge in [0.25, 0.3) is 5.91 Å². The summed E-state index contributed by atoms with van der Waals surface area (Å²) in [4.78, 5) is 16.2. The molecule has 1 saturated carbocycles. The van der Waals surface area contributed by atoms with Gasteiger partial charge in [0.2, 0.25) is 5.95 Å². The number of anilines is 1. The van der Waals surface area contributed by atoms with Crippen LogP contribution in [0.1, 0.15) is 34.1 Å². The van der Waals surface area contributed by atoms with Crippen molar-refractivity contribution in [1.82, 2.24) is 14.8 Å². The van der Waals surface area contributed by atoms with Gasteiger partial charge in [0.1, 0.15) is 11.5 Å². The van der Waals surface area contributed by atoms with Gasteiger partial charge in [0.15, 0.2) is 11.5 Å². The van der Waals surface area contributed by atoms with Crippen LogP contribution in [0, 0.1) is 23.5 Å².